The van der Waals surface area contributed by atoms with Crippen LogP contribution in [0, 0.1) is 4.77 Å². The van der Waals surface area contributed by atoms with E-state index in [9.17, 15) is 4.79 Å². The first-order chi connectivity index (χ1) is 13.7. The van der Waals surface area contributed by atoms with Crippen LogP contribution in [0.25, 0.3) is 0 Å². The van der Waals surface area contributed by atoms with Crippen LogP contribution < -0.4 is 0 Å². The lowest BCUT2D eigenvalue weighted by Gasteiger charge is -2.31. The van der Waals surface area contributed by atoms with Gasteiger partial charge in [-0.05, 0) is 37.5 Å². The molecule has 0 radical (unpaired) electrons. The molecular formula is C20H23N5OS2. The van der Waals surface area contributed by atoms with Gasteiger partial charge in [-0.2, -0.15) is 5.10 Å². The van der Waals surface area contributed by atoms with Gasteiger partial charge in [0.2, 0.25) is 0 Å². The Morgan fingerprint density at radius 3 is 2.75 bits per heavy atom. The minimum atomic E-state index is 0.0309. The van der Waals surface area contributed by atoms with Gasteiger partial charge in [-0.3, -0.25) is 9.89 Å². The van der Waals surface area contributed by atoms with Crippen molar-refractivity contribution in [1.82, 2.24) is 24.6 Å². The van der Waals surface area contributed by atoms with Crippen molar-refractivity contribution < 1.29 is 4.79 Å². The number of aromatic amines is 1. The molecule has 0 spiro atoms. The van der Waals surface area contributed by atoms with Gasteiger partial charge in [-0.1, -0.05) is 30.3 Å². The van der Waals surface area contributed by atoms with Crippen LogP contribution in [0.1, 0.15) is 52.6 Å². The molecule has 8 heteroatoms. The summed E-state index contributed by atoms with van der Waals surface area (Å²) in [6.07, 6.45) is 2.55. The molecule has 0 atom stereocenters. The lowest BCUT2D eigenvalue weighted by atomic mass is 9.95. The fourth-order valence-corrected chi connectivity index (χ4v) is 4.78. The van der Waals surface area contributed by atoms with Crippen LogP contribution in [0.3, 0.4) is 0 Å². The largest absolute Gasteiger partial charge is 0.337 e. The van der Waals surface area contributed by atoms with E-state index in [1.165, 1.54) is 5.56 Å². The Morgan fingerprint density at radius 1 is 1.29 bits per heavy atom. The lowest BCUT2D eigenvalue weighted by molar-refractivity contribution is 0.0705. The number of carbonyl (C=O) groups excluding carboxylic acids is 1. The number of likely N-dealkylation sites (tertiary alicyclic amines) is 1. The summed E-state index contributed by atoms with van der Waals surface area (Å²) in [6, 6.07) is 10.2. The third-order valence-electron chi connectivity index (χ3n) is 5.22. The molecule has 1 saturated heterocycles. The van der Waals surface area contributed by atoms with Gasteiger partial charge >= 0.3 is 0 Å². The number of piperidine rings is 1. The molecule has 4 rings (SSSR count). The summed E-state index contributed by atoms with van der Waals surface area (Å²) in [4.78, 5) is 19.4. The van der Waals surface area contributed by atoms with Crippen molar-refractivity contribution in [2.45, 2.75) is 38.6 Å². The number of benzene rings is 1. The van der Waals surface area contributed by atoms with Crippen LogP contribution in [0.5, 0.6) is 0 Å². The highest BCUT2D eigenvalue weighted by Crippen LogP contribution is 2.28. The zero-order chi connectivity index (χ0) is 19.5. The van der Waals surface area contributed by atoms with Gasteiger partial charge in [-0.25, -0.2) is 4.98 Å². The van der Waals surface area contributed by atoms with Crippen molar-refractivity contribution in [2.75, 3.05) is 13.1 Å². The average molecular weight is 414 g/mol. The number of nitrogens with one attached hydrogen (secondary N) is 1. The summed E-state index contributed by atoms with van der Waals surface area (Å²) in [5.74, 6) is 1.38. The van der Waals surface area contributed by atoms with Crippen LogP contribution in [0.4, 0.5) is 0 Å². The number of carbonyl (C=O) groups is 1. The average Bonchev–Trinajstić information content (AvgIpc) is 3.34. The van der Waals surface area contributed by atoms with E-state index in [0.29, 0.717) is 16.4 Å². The van der Waals surface area contributed by atoms with Crippen LogP contribution in [-0.4, -0.2) is 43.6 Å². The first kappa shape index (κ1) is 19.0. The van der Waals surface area contributed by atoms with E-state index in [-0.39, 0.29) is 5.91 Å². The number of amides is 1. The predicted octanol–water partition coefficient (Wildman–Crippen LogP) is 4.03. The van der Waals surface area contributed by atoms with E-state index < -0.39 is 0 Å². The highest BCUT2D eigenvalue weighted by molar-refractivity contribution is 7.71. The predicted molar refractivity (Wildman–Crippen MR) is 112 cm³/mol. The number of nitrogens with zero attached hydrogens (tertiary/aromatic N) is 4. The molecule has 1 aliphatic rings. The van der Waals surface area contributed by atoms with Gasteiger partial charge in [0.05, 0.1) is 5.01 Å². The smallest absolute Gasteiger partial charge is 0.273 e. The van der Waals surface area contributed by atoms with Gasteiger partial charge in [0, 0.05) is 37.4 Å². The summed E-state index contributed by atoms with van der Waals surface area (Å²) >= 11 is 6.85. The number of H-pyrrole nitrogens is 1. The maximum absolute atomic E-state index is 12.9. The molecule has 6 nitrogen and oxygen atoms in total. The zero-order valence-electron chi connectivity index (χ0n) is 15.8. The molecule has 28 heavy (non-hydrogen) atoms. The van der Waals surface area contributed by atoms with Crippen LogP contribution in [0.2, 0.25) is 0 Å². The van der Waals surface area contributed by atoms with E-state index in [4.69, 9.17) is 12.2 Å². The molecule has 0 bridgehead atoms. The number of thiazole rings is 1. The molecule has 1 amide bonds. The van der Waals surface area contributed by atoms with Crippen molar-refractivity contribution in [2.24, 2.45) is 0 Å². The fourth-order valence-electron chi connectivity index (χ4n) is 3.71. The van der Waals surface area contributed by atoms with Crippen molar-refractivity contribution in [3.05, 3.63) is 62.6 Å². The number of rotatable bonds is 5. The van der Waals surface area contributed by atoms with Crippen molar-refractivity contribution in [3.8, 4) is 0 Å². The molecule has 0 saturated carbocycles. The molecule has 146 valence electrons. The Bertz CT molecular complexity index is 999. The van der Waals surface area contributed by atoms with E-state index in [1.54, 1.807) is 11.3 Å². The molecule has 1 N–H and O–H groups in total. The molecule has 0 aliphatic carbocycles. The second kappa shape index (κ2) is 8.36. The first-order valence-corrected chi connectivity index (χ1v) is 10.9. The summed E-state index contributed by atoms with van der Waals surface area (Å²) in [5, 5.41) is 10.2. The van der Waals surface area contributed by atoms with E-state index in [1.807, 2.05) is 33.0 Å². The molecule has 0 unspecified atom stereocenters. The second-order valence-corrected chi connectivity index (χ2v) is 8.32. The van der Waals surface area contributed by atoms with E-state index in [2.05, 4.69) is 34.2 Å². The molecule has 2 aromatic heterocycles. The minimum absolute atomic E-state index is 0.0309. The summed E-state index contributed by atoms with van der Waals surface area (Å²) in [5.41, 5.74) is 1.77. The number of hydrogen-bond donors (Lipinski definition) is 1. The molecule has 1 fully saturated rings. The molecule has 1 aliphatic heterocycles. The molecule has 3 heterocycles. The van der Waals surface area contributed by atoms with Gasteiger partial charge in [0.15, 0.2) is 4.77 Å². The van der Waals surface area contributed by atoms with Gasteiger partial charge in [0.25, 0.3) is 5.91 Å². The van der Waals surface area contributed by atoms with E-state index >= 15 is 0 Å². The van der Waals surface area contributed by atoms with Crippen molar-refractivity contribution in [3.63, 3.8) is 0 Å². The lowest BCUT2D eigenvalue weighted by Crippen LogP contribution is -2.38. The topological polar surface area (TPSA) is 66.8 Å². The Morgan fingerprint density at radius 2 is 2.04 bits per heavy atom. The van der Waals surface area contributed by atoms with Gasteiger partial charge in [0.1, 0.15) is 11.5 Å². The van der Waals surface area contributed by atoms with E-state index in [0.717, 1.165) is 49.7 Å². The Labute approximate surface area is 173 Å². The van der Waals surface area contributed by atoms with Crippen molar-refractivity contribution >= 4 is 29.5 Å². The minimum Gasteiger partial charge on any atom is -0.337 e. The third-order valence-corrected chi connectivity index (χ3v) is 6.38. The van der Waals surface area contributed by atoms with Crippen molar-refractivity contribution in [1.29, 1.82) is 0 Å². The highest BCUT2D eigenvalue weighted by Gasteiger charge is 2.28. The first-order valence-electron chi connectivity index (χ1n) is 9.58. The van der Waals surface area contributed by atoms with Crippen LogP contribution in [-0.2, 0) is 13.0 Å². The number of hydrogen-bond acceptors (Lipinski definition) is 5. The monoisotopic (exact) mass is 413 g/mol. The fraction of sp³-hybridized carbons (Fsp3) is 0.400. The zero-order valence-corrected chi connectivity index (χ0v) is 17.4. The molecule has 1 aromatic carbocycles. The highest BCUT2D eigenvalue weighted by atomic mass is 32.1. The van der Waals surface area contributed by atoms with Gasteiger partial charge in [-0.15, -0.1) is 11.3 Å². The second-order valence-electron chi connectivity index (χ2n) is 6.99. The summed E-state index contributed by atoms with van der Waals surface area (Å²) in [7, 11) is 0. The van der Waals surface area contributed by atoms with Gasteiger partial charge < -0.3 is 9.47 Å². The standard InChI is InChI=1S/C20H23N5OS2/c1-2-25-18(22-23-20(25)27)15-8-10-24(11-9-15)19(26)16-13-28-17(21-16)12-14-6-4-3-5-7-14/h3-7,13,15H,2,8-12H2,1H3,(H,23,27). The molecular weight excluding hydrogens is 390 g/mol. The SMILES string of the molecule is CCn1c(C2CCN(C(=O)c3csc(Cc4ccccc4)n3)CC2)n[nH]c1=S. The summed E-state index contributed by atoms with van der Waals surface area (Å²) < 4.78 is 2.72. The normalized spacial score (nSPS) is 15.1. The maximum Gasteiger partial charge on any atom is 0.273 e. The quantitative estimate of drug-likeness (QED) is 0.642. The Kier molecular flexibility index (Phi) is 5.68. The summed E-state index contributed by atoms with van der Waals surface area (Å²) in [6.45, 7) is 4.33. The Hall–Kier alpha value is -2.32. The van der Waals surface area contributed by atoms with Crippen LogP contribution in [0.15, 0.2) is 35.7 Å². The maximum atomic E-state index is 12.9. The third kappa shape index (κ3) is 3.93. The number of aromatic nitrogens is 4. The van der Waals surface area contributed by atoms with Crippen LogP contribution >= 0.6 is 23.6 Å². The molecule has 3 aromatic rings. The Balaban J connectivity index is 1.38.